The minimum atomic E-state index is -0.164. The highest BCUT2D eigenvalue weighted by Crippen LogP contribution is 2.19. The van der Waals surface area contributed by atoms with Gasteiger partial charge in [-0.1, -0.05) is 43.0 Å². The van der Waals surface area contributed by atoms with Crippen molar-refractivity contribution in [2.24, 2.45) is 0 Å². The first kappa shape index (κ1) is 16.5. The first-order chi connectivity index (χ1) is 11.6. The number of pyridine rings is 1. The fourth-order valence-electron chi connectivity index (χ4n) is 3.47. The van der Waals surface area contributed by atoms with Crippen molar-refractivity contribution in [2.75, 3.05) is 0 Å². The number of carbonyl (C=O) groups excluding carboxylic acids is 1. The number of nitrogens with one attached hydrogen (secondary N) is 1. The van der Waals surface area contributed by atoms with E-state index in [2.05, 4.69) is 11.9 Å². The van der Waals surface area contributed by atoms with Gasteiger partial charge in [-0.3, -0.25) is 14.2 Å². The highest BCUT2D eigenvalue weighted by molar-refractivity contribution is 5.97. The van der Waals surface area contributed by atoms with Gasteiger partial charge in [-0.2, -0.15) is 0 Å². The lowest BCUT2D eigenvalue weighted by Crippen LogP contribution is -2.39. The summed E-state index contributed by atoms with van der Waals surface area (Å²) in [4.78, 5) is 25.6. The second kappa shape index (κ2) is 7.04. The molecule has 0 unspecified atom stereocenters. The first-order valence-electron chi connectivity index (χ1n) is 8.66. The molecule has 126 valence electrons. The Morgan fingerprint density at radius 3 is 2.75 bits per heavy atom. The SMILES string of the molecule is C=CCn1c(C(=O)NC2CCCCC2)cc2ccc(C)cc2c1=O. The van der Waals surface area contributed by atoms with E-state index in [1.165, 1.54) is 11.0 Å². The number of aromatic nitrogens is 1. The standard InChI is InChI=1S/C20H24N2O2/c1-3-11-22-18(19(23)21-16-7-5-4-6-8-16)13-15-10-9-14(2)12-17(15)20(22)24/h3,9-10,12-13,16H,1,4-8,11H2,2H3,(H,21,23). The Hall–Kier alpha value is -2.36. The zero-order valence-electron chi connectivity index (χ0n) is 14.2. The van der Waals surface area contributed by atoms with Gasteiger partial charge in [-0.25, -0.2) is 0 Å². The number of benzene rings is 1. The second-order valence-corrected chi connectivity index (χ2v) is 6.63. The first-order valence-corrected chi connectivity index (χ1v) is 8.66. The highest BCUT2D eigenvalue weighted by Gasteiger charge is 2.20. The van der Waals surface area contributed by atoms with Crippen LogP contribution in [0.15, 0.2) is 41.7 Å². The number of hydrogen-bond acceptors (Lipinski definition) is 2. The molecule has 1 fully saturated rings. The van der Waals surface area contributed by atoms with Crippen LogP contribution in [0.1, 0.15) is 48.2 Å². The van der Waals surface area contributed by atoms with Crippen molar-refractivity contribution in [3.8, 4) is 0 Å². The molecule has 0 spiro atoms. The smallest absolute Gasteiger partial charge is 0.268 e. The molecule has 0 atom stereocenters. The summed E-state index contributed by atoms with van der Waals surface area (Å²) >= 11 is 0. The summed E-state index contributed by atoms with van der Waals surface area (Å²) in [5.74, 6) is -0.164. The third-order valence-corrected chi connectivity index (χ3v) is 4.75. The van der Waals surface area contributed by atoms with Gasteiger partial charge in [0.25, 0.3) is 11.5 Å². The van der Waals surface area contributed by atoms with Gasteiger partial charge in [-0.15, -0.1) is 6.58 Å². The molecule has 0 radical (unpaired) electrons. The molecule has 2 aromatic rings. The summed E-state index contributed by atoms with van der Waals surface area (Å²) in [6.07, 6.45) is 7.24. The zero-order valence-corrected chi connectivity index (χ0v) is 14.2. The highest BCUT2D eigenvalue weighted by atomic mass is 16.2. The van der Waals surface area contributed by atoms with E-state index in [9.17, 15) is 9.59 Å². The van der Waals surface area contributed by atoms with Gasteiger partial charge in [0, 0.05) is 18.0 Å². The summed E-state index contributed by atoms with van der Waals surface area (Å²) in [6.45, 7) is 6.01. The molecule has 1 aromatic carbocycles. The van der Waals surface area contributed by atoms with Gasteiger partial charge >= 0.3 is 0 Å². The lowest BCUT2D eigenvalue weighted by Gasteiger charge is -2.23. The maximum absolute atomic E-state index is 12.8. The predicted molar refractivity (Wildman–Crippen MR) is 97.5 cm³/mol. The van der Waals surface area contributed by atoms with E-state index in [1.807, 2.05) is 31.2 Å². The van der Waals surface area contributed by atoms with Crippen LogP contribution in [-0.4, -0.2) is 16.5 Å². The summed E-state index contributed by atoms with van der Waals surface area (Å²) in [5, 5.41) is 4.55. The number of amides is 1. The molecular formula is C20H24N2O2. The lowest BCUT2D eigenvalue weighted by molar-refractivity contribution is 0.0917. The normalized spacial score (nSPS) is 15.4. The van der Waals surface area contributed by atoms with Crippen LogP contribution in [0, 0.1) is 6.92 Å². The molecule has 4 nitrogen and oxygen atoms in total. The van der Waals surface area contributed by atoms with Crippen molar-refractivity contribution >= 4 is 16.7 Å². The minimum Gasteiger partial charge on any atom is -0.348 e. The fourth-order valence-corrected chi connectivity index (χ4v) is 3.47. The van der Waals surface area contributed by atoms with E-state index in [4.69, 9.17) is 0 Å². The minimum absolute atomic E-state index is 0.134. The van der Waals surface area contributed by atoms with Crippen molar-refractivity contribution in [3.63, 3.8) is 0 Å². The van der Waals surface area contributed by atoms with Crippen molar-refractivity contribution in [2.45, 2.75) is 51.6 Å². The maximum Gasteiger partial charge on any atom is 0.268 e. The van der Waals surface area contributed by atoms with E-state index < -0.39 is 0 Å². The molecule has 1 aliphatic rings. The van der Waals surface area contributed by atoms with E-state index in [0.29, 0.717) is 17.6 Å². The number of allylic oxidation sites excluding steroid dienone is 1. The second-order valence-electron chi connectivity index (χ2n) is 6.63. The van der Waals surface area contributed by atoms with Crippen molar-refractivity contribution in [1.82, 2.24) is 9.88 Å². The van der Waals surface area contributed by atoms with E-state index in [-0.39, 0.29) is 17.5 Å². The molecule has 3 rings (SSSR count). The summed E-state index contributed by atoms with van der Waals surface area (Å²) < 4.78 is 1.52. The molecule has 1 N–H and O–H groups in total. The number of fused-ring (bicyclic) bond motifs is 1. The van der Waals surface area contributed by atoms with Gasteiger partial charge in [0.1, 0.15) is 5.69 Å². The molecule has 4 heteroatoms. The zero-order chi connectivity index (χ0) is 17.1. The molecule has 1 saturated carbocycles. The van der Waals surface area contributed by atoms with Crippen LogP contribution in [0.2, 0.25) is 0 Å². The summed E-state index contributed by atoms with van der Waals surface area (Å²) in [6, 6.07) is 7.77. The molecule has 1 aromatic heterocycles. The van der Waals surface area contributed by atoms with Crippen molar-refractivity contribution in [1.29, 1.82) is 0 Å². The average molecular weight is 324 g/mol. The Balaban J connectivity index is 2.03. The summed E-state index contributed by atoms with van der Waals surface area (Å²) in [5.41, 5.74) is 1.32. The molecule has 1 heterocycles. The maximum atomic E-state index is 12.8. The van der Waals surface area contributed by atoms with Crippen LogP contribution in [-0.2, 0) is 6.54 Å². The van der Waals surface area contributed by atoms with E-state index in [0.717, 1.165) is 36.6 Å². The predicted octanol–water partition coefficient (Wildman–Crippen LogP) is 3.56. The molecule has 0 saturated heterocycles. The Morgan fingerprint density at radius 1 is 1.29 bits per heavy atom. The topological polar surface area (TPSA) is 51.1 Å². The number of hydrogen-bond donors (Lipinski definition) is 1. The van der Waals surface area contributed by atoms with Crippen LogP contribution in [0.3, 0.4) is 0 Å². The molecule has 24 heavy (non-hydrogen) atoms. The summed E-state index contributed by atoms with van der Waals surface area (Å²) in [7, 11) is 0. The third-order valence-electron chi connectivity index (χ3n) is 4.75. The molecular weight excluding hydrogens is 300 g/mol. The van der Waals surface area contributed by atoms with Crippen molar-refractivity contribution < 1.29 is 4.79 Å². The largest absolute Gasteiger partial charge is 0.348 e. The van der Waals surface area contributed by atoms with Crippen LogP contribution >= 0.6 is 0 Å². The number of aryl methyl sites for hydroxylation is 1. The van der Waals surface area contributed by atoms with E-state index >= 15 is 0 Å². The van der Waals surface area contributed by atoms with Gasteiger partial charge in [0.05, 0.1) is 0 Å². The van der Waals surface area contributed by atoms with E-state index in [1.54, 1.807) is 6.08 Å². The quantitative estimate of drug-likeness (QED) is 0.874. The third kappa shape index (κ3) is 3.28. The van der Waals surface area contributed by atoms with Gasteiger partial charge in [0.15, 0.2) is 0 Å². The number of rotatable bonds is 4. The Kier molecular flexibility index (Phi) is 4.84. The Morgan fingerprint density at radius 2 is 2.04 bits per heavy atom. The monoisotopic (exact) mass is 324 g/mol. The molecule has 1 aliphatic carbocycles. The molecule has 1 amide bonds. The number of nitrogens with zero attached hydrogens (tertiary/aromatic N) is 1. The van der Waals surface area contributed by atoms with Gasteiger partial charge < -0.3 is 5.32 Å². The van der Waals surface area contributed by atoms with Crippen LogP contribution < -0.4 is 10.9 Å². The van der Waals surface area contributed by atoms with Gasteiger partial charge in [0.2, 0.25) is 0 Å². The lowest BCUT2D eigenvalue weighted by atomic mass is 9.95. The molecule has 0 aliphatic heterocycles. The van der Waals surface area contributed by atoms with Crippen LogP contribution in [0.25, 0.3) is 10.8 Å². The fraction of sp³-hybridized carbons (Fsp3) is 0.400. The molecule has 0 bridgehead atoms. The van der Waals surface area contributed by atoms with Gasteiger partial charge in [-0.05, 0) is 37.3 Å². The van der Waals surface area contributed by atoms with Crippen LogP contribution in [0.5, 0.6) is 0 Å². The van der Waals surface area contributed by atoms with Crippen LogP contribution in [0.4, 0.5) is 0 Å². The Labute approximate surface area is 142 Å². The number of carbonyl (C=O) groups is 1. The average Bonchev–Trinajstić information content (AvgIpc) is 2.58. The Bertz CT molecular complexity index is 829. The van der Waals surface area contributed by atoms with Crippen molar-refractivity contribution in [3.05, 3.63) is 58.5 Å².